The molecule has 0 radical (unpaired) electrons. The molecule has 0 unspecified atom stereocenters. The number of aliphatic hydroxyl groups is 1. The van der Waals surface area contributed by atoms with Gasteiger partial charge in [0.1, 0.15) is 24.0 Å². The number of rotatable bonds is 6. The van der Waals surface area contributed by atoms with Crippen molar-refractivity contribution in [2.75, 3.05) is 32.2 Å². The number of esters is 1. The Kier molecular flexibility index (Phi) is 6.15. The molecule has 1 saturated carbocycles. The van der Waals surface area contributed by atoms with Crippen molar-refractivity contribution in [2.45, 2.75) is 31.7 Å². The molecule has 2 aliphatic rings. The van der Waals surface area contributed by atoms with Gasteiger partial charge in [-0.15, -0.1) is 0 Å². The number of methoxy groups -OCH3 is 2. The van der Waals surface area contributed by atoms with E-state index in [1.807, 2.05) is 6.07 Å². The van der Waals surface area contributed by atoms with E-state index in [-0.39, 0.29) is 6.10 Å². The summed E-state index contributed by atoms with van der Waals surface area (Å²) in [5, 5.41) is 10.7. The van der Waals surface area contributed by atoms with Gasteiger partial charge in [-0.1, -0.05) is 6.07 Å². The molecule has 8 heteroatoms. The van der Waals surface area contributed by atoms with Crippen LogP contribution in [0, 0.1) is 11.8 Å². The highest BCUT2D eigenvalue weighted by molar-refractivity contribution is 5.89. The Morgan fingerprint density at radius 2 is 1.97 bits per heavy atom. The molecule has 1 aliphatic heterocycles. The van der Waals surface area contributed by atoms with Crippen LogP contribution in [-0.4, -0.2) is 60.6 Å². The Balaban J connectivity index is 1.42. The molecule has 2 fully saturated rings. The third kappa shape index (κ3) is 4.39. The van der Waals surface area contributed by atoms with E-state index in [2.05, 4.69) is 14.9 Å². The van der Waals surface area contributed by atoms with Crippen molar-refractivity contribution in [1.82, 2.24) is 9.97 Å². The van der Waals surface area contributed by atoms with E-state index in [1.165, 1.54) is 7.11 Å². The summed E-state index contributed by atoms with van der Waals surface area (Å²) in [6, 6.07) is 8.85. The molecule has 4 rings (SSSR count). The van der Waals surface area contributed by atoms with Crippen LogP contribution >= 0.6 is 0 Å². The topological polar surface area (TPSA) is 94.0 Å². The summed E-state index contributed by atoms with van der Waals surface area (Å²) < 4.78 is 16.0. The minimum absolute atomic E-state index is 0.312. The number of carbonyl (C=O) groups is 1. The van der Waals surface area contributed by atoms with E-state index in [9.17, 15) is 9.90 Å². The van der Waals surface area contributed by atoms with Crippen LogP contribution in [-0.2, 0) is 16.1 Å². The van der Waals surface area contributed by atoms with Crippen molar-refractivity contribution in [3.8, 4) is 5.75 Å². The molecule has 1 saturated heterocycles. The van der Waals surface area contributed by atoms with Crippen molar-refractivity contribution in [1.29, 1.82) is 0 Å². The summed E-state index contributed by atoms with van der Waals surface area (Å²) in [5.74, 6) is 1.85. The lowest BCUT2D eigenvalue weighted by molar-refractivity contribution is -0.0231. The van der Waals surface area contributed by atoms with E-state index >= 15 is 0 Å². The highest BCUT2D eigenvalue weighted by atomic mass is 16.5. The summed E-state index contributed by atoms with van der Waals surface area (Å²) in [7, 11) is 3.00. The average Bonchev–Trinajstić information content (AvgIpc) is 3.17. The monoisotopic (exact) mass is 413 g/mol. The normalized spacial score (nSPS) is 25.6. The second-order valence-electron chi connectivity index (χ2n) is 7.94. The predicted molar refractivity (Wildman–Crippen MR) is 109 cm³/mol. The van der Waals surface area contributed by atoms with Gasteiger partial charge in [0.2, 0.25) is 0 Å². The van der Waals surface area contributed by atoms with Gasteiger partial charge in [-0.05, 0) is 42.9 Å². The van der Waals surface area contributed by atoms with Crippen molar-refractivity contribution < 1.29 is 24.1 Å². The van der Waals surface area contributed by atoms with Crippen molar-refractivity contribution >= 4 is 11.8 Å². The fourth-order valence-corrected chi connectivity index (χ4v) is 4.48. The number of aromatic nitrogens is 2. The maximum absolute atomic E-state index is 11.8. The first-order chi connectivity index (χ1) is 14.6. The summed E-state index contributed by atoms with van der Waals surface area (Å²) in [6.45, 7) is 2.17. The molecule has 8 nitrogen and oxygen atoms in total. The Morgan fingerprint density at radius 3 is 2.73 bits per heavy atom. The molecule has 2 aromatic rings. The Labute approximate surface area is 175 Å². The van der Waals surface area contributed by atoms with Crippen LogP contribution < -0.4 is 9.64 Å². The maximum atomic E-state index is 11.8. The molecule has 2 heterocycles. The number of ether oxygens (including phenoxy) is 3. The standard InChI is InChI=1S/C22H27N3O5/c1-28-12-17-9-21(24-13-23-17)25-10-15-7-19(26)20(8-16(15)11-25)30-18-5-3-4-14(6-18)22(27)29-2/h3-6,9,13,15-16,19-20,26H,7-8,10-12H2,1-2H3/t15-,16+,19+,20+/m0/s1. The van der Waals surface area contributed by atoms with E-state index in [4.69, 9.17) is 14.2 Å². The van der Waals surface area contributed by atoms with Gasteiger partial charge in [0, 0.05) is 26.3 Å². The van der Waals surface area contributed by atoms with Crippen molar-refractivity contribution in [2.24, 2.45) is 11.8 Å². The number of benzene rings is 1. The van der Waals surface area contributed by atoms with E-state index < -0.39 is 12.1 Å². The average molecular weight is 413 g/mol. The van der Waals surface area contributed by atoms with E-state index in [1.54, 1.807) is 37.7 Å². The second-order valence-corrected chi connectivity index (χ2v) is 7.94. The summed E-state index contributed by atoms with van der Waals surface area (Å²) in [6.07, 6.45) is 2.14. The highest BCUT2D eigenvalue weighted by Gasteiger charge is 2.43. The van der Waals surface area contributed by atoms with Gasteiger partial charge in [-0.25, -0.2) is 14.8 Å². The van der Waals surface area contributed by atoms with Crippen LogP contribution in [0.1, 0.15) is 28.9 Å². The number of hydrogen-bond donors (Lipinski definition) is 1. The lowest BCUT2D eigenvalue weighted by Crippen LogP contribution is -2.42. The Morgan fingerprint density at radius 1 is 1.17 bits per heavy atom. The van der Waals surface area contributed by atoms with Gasteiger partial charge in [0.05, 0.1) is 31.1 Å². The van der Waals surface area contributed by atoms with Crippen LogP contribution in [0.4, 0.5) is 5.82 Å². The minimum atomic E-state index is -0.553. The molecule has 30 heavy (non-hydrogen) atoms. The minimum Gasteiger partial charge on any atom is -0.488 e. The highest BCUT2D eigenvalue weighted by Crippen LogP contribution is 2.39. The quantitative estimate of drug-likeness (QED) is 0.720. The first kappa shape index (κ1) is 20.6. The number of nitrogens with zero attached hydrogens (tertiary/aromatic N) is 3. The molecule has 0 bridgehead atoms. The number of hydrogen-bond acceptors (Lipinski definition) is 8. The maximum Gasteiger partial charge on any atom is 0.337 e. The van der Waals surface area contributed by atoms with Crippen molar-refractivity contribution in [3.63, 3.8) is 0 Å². The van der Waals surface area contributed by atoms with Gasteiger partial charge < -0.3 is 24.2 Å². The number of carbonyl (C=O) groups excluding carboxylic acids is 1. The summed E-state index contributed by atoms with van der Waals surface area (Å²) in [4.78, 5) is 22.7. The van der Waals surface area contributed by atoms with Gasteiger partial charge >= 0.3 is 5.97 Å². The zero-order valence-electron chi connectivity index (χ0n) is 17.2. The number of anilines is 1. The predicted octanol–water partition coefficient (Wildman–Crippen LogP) is 2.06. The first-order valence-corrected chi connectivity index (χ1v) is 10.1. The van der Waals surface area contributed by atoms with Gasteiger partial charge in [-0.3, -0.25) is 0 Å². The largest absolute Gasteiger partial charge is 0.488 e. The fraction of sp³-hybridized carbons (Fsp3) is 0.500. The lowest BCUT2D eigenvalue weighted by Gasteiger charge is -2.35. The Bertz CT molecular complexity index is 893. The molecule has 4 atom stereocenters. The van der Waals surface area contributed by atoms with Gasteiger partial charge in [0.25, 0.3) is 0 Å². The molecule has 160 valence electrons. The third-order valence-electron chi connectivity index (χ3n) is 5.95. The van der Waals surface area contributed by atoms with E-state index in [0.29, 0.717) is 36.2 Å². The summed E-state index contributed by atoms with van der Waals surface area (Å²) in [5.41, 5.74) is 1.28. The van der Waals surface area contributed by atoms with Gasteiger partial charge in [-0.2, -0.15) is 0 Å². The molecule has 1 N–H and O–H groups in total. The molecular weight excluding hydrogens is 386 g/mol. The van der Waals surface area contributed by atoms with E-state index in [0.717, 1.165) is 31.0 Å². The SMILES string of the molecule is COCc1cc(N2C[C@H]3C[C@@H](Oc4cccc(C(=O)OC)c4)[C@H](O)C[C@H]3C2)ncn1. The zero-order chi connectivity index (χ0) is 21.1. The molecule has 1 aromatic carbocycles. The van der Waals surface area contributed by atoms with Crippen LogP contribution in [0.5, 0.6) is 5.75 Å². The first-order valence-electron chi connectivity index (χ1n) is 10.1. The molecular formula is C22H27N3O5. The molecule has 1 aliphatic carbocycles. The van der Waals surface area contributed by atoms with Crippen LogP contribution in [0.2, 0.25) is 0 Å². The van der Waals surface area contributed by atoms with Crippen LogP contribution in [0.15, 0.2) is 36.7 Å². The molecule has 0 spiro atoms. The van der Waals surface area contributed by atoms with Crippen LogP contribution in [0.3, 0.4) is 0 Å². The van der Waals surface area contributed by atoms with Crippen LogP contribution in [0.25, 0.3) is 0 Å². The number of aliphatic hydroxyl groups excluding tert-OH is 1. The Hall–Kier alpha value is -2.71. The smallest absolute Gasteiger partial charge is 0.337 e. The lowest BCUT2D eigenvalue weighted by atomic mass is 9.78. The fourth-order valence-electron chi connectivity index (χ4n) is 4.48. The molecule has 1 aromatic heterocycles. The second kappa shape index (κ2) is 8.97. The van der Waals surface area contributed by atoms with Gasteiger partial charge in [0.15, 0.2) is 0 Å². The number of fused-ring (bicyclic) bond motifs is 1. The third-order valence-corrected chi connectivity index (χ3v) is 5.95. The molecule has 0 amide bonds. The van der Waals surface area contributed by atoms with Crippen molar-refractivity contribution in [3.05, 3.63) is 47.9 Å². The summed E-state index contributed by atoms with van der Waals surface area (Å²) >= 11 is 0. The zero-order valence-corrected chi connectivity index (χ0v) is 17.2.